The fourth-order valence-corrected chi connectivity index (χ4v) is 3.41. The second-order valence-electron chi connectivity index (χ2n) is 7.34. The molecule has 5 heterocycles. The van der Waals surface area contributed by atoms with Crippen LogP contribution in [0, 0.1) is 0 Å². The number of H-pyrrole nitrogens is 1. The van der Waals surface area contributed by atoms with Gasteiger partial charge in [-0.2, -0.15) is 10.2 Å². The SMILES string of the molecule is OC(c1ccncc1)c1ccn(C2CCCCO2)n1.[Zn].c1cc(Cc2ccn[nH]2)ccn1. The summed E-state index contributed by atoms with van der Waals surface area (Å²) in [5.41, 5.74) is 3.81. The number of ether oxygens (including phenoxy) is 1. The van der Waals surface area contributed by atoms with Crippen LogP contribution in [0.1, 0.15) is 54.1 Å². The molecule has 2 N–H and O–H groups in total. The molecule has 162 valence electrons. The van der Waals surface area contributed by atoms with Gasteiger partial charge in [-0.25, -0.2) is 4.68 Å². The molecule has 0 bridgehead atoms. The molecule has 0 aromatic carbocycles. The third-order valence-corrected chi connectivity index (χ3v) is 5.08. The van der Waals surface area contributed by atoms with Gasteiger partial charge in [-0.1, -0.05) is 0 Å². The van der Waals surface area contributed by atoms with Crippen molar-refractivity contribution in [3.63, 3.8) is 0 Å². The molecule has 0 spiro atoms. The molecule has 2 unspecified atom stereocenters. The number of nitrogens with zero attached hydrogens (tertiary/aromatic N) is 5. The van der Waals surface area contributed by atoms with E-state index in [1.165, 1.54) is 5.56 Å². The van der Waals surface area contributed by atoms with E-state index in [1.54, 1.807) is 47.8 Å². The molecule has 0 amide bonds. The molecule has 0 aliphatic carbocycles. The van der Waals surface area contributed by atoms with E-state index < -0.39 is 6.10 Å². The maximum atomic E-state index is 10.3. The predicted molar refractivity (Wildman–Crippen MR) is 115 cm³/mol. The Morgan fingerprint density at radius 2 is 1.75 bits per heavy atom. The summed E-state index contributed by atoms with van der Waals surface area (Å²) in [6.45, 7) is 0.784. The number of aliphatic hydroxyl groups is 1. The fraction of sp³-hybridized carbons (Fsp3) is 0.304. The predicted octanol–water partition coefficient (Wildman–Crippen LogP) is 3.45. The zero-order valence-electron chi connectivity index (χ0n) is 17.9. The van der Waals surface area contributed by atoms with Crippen LogP contribution >= 0.6 is 0 Å². The van der Waals surface area contributed by atoms with Gasteiger partial charge in [0, 0.05) is 75.4 Å². The number of aliphatic hydroxyl groups excluding tert-OH is 1. The zero-order valence-corrected chi connectivity index (χ0v) is 20.9. The Hall–Kier alpha value is -2.74. The number of nitrogens with one attached hydrogen (secondary N) is 1. The summed E-state index contributed by atoms with van der Waals surface area (Å²) in [5, 5.41) is 21.5. The second kappa shape index (κ2) is 12.3. The third-order valence-electron chi connectivity index (χ3n) is 5.08. The molecule has 5 rings (SSSR count). The molecule has 4 aromatic rings. The number of pyridine rings is 2. The van der Waals surface area contributed by atoms with Crippen LogP contribution in [0.3, 0.4) is 0 Å². The van der Waals surface area contributed by atoms with Crippen molar-refractivity contribution in [3.05, 3.63) is 96.1 Å². The number of aromatic amines is 1. The molecular formula is C23H26N6O2Zn. The van der Waals surface area contributed by atoms with E-state index in [0.29, 0.717) is 5.69 Å². The molecule has 8 nitrogen and oxygen atoms in total. The zero-order chi connectivity index (χ0) is 21.3. The number of rotatable bonds is 5. The Kier molecular flexibility index (Phi) is 9.22. The summed E-state index contributed by atoms with van der Waals surface area (Å²) in [5.74, 6) is 0. The fourth-order valence-electron chi connectivity index (χ4n) is 3.41. The van der Waals surface area contributed by atoms with Crippen molar-refractivity contribution in [1.82, 2.24) is 29.9 Å². The monoisotopic (exact) mass is 482 g/mol. The van der Waals surface area contributed by atoms with Gasteiger partial charge in [0.2, 0.25) is 0 Å². The minimum Gasteiger partial charge on any atom is -0.382 e. The molecule has 0 saturated carbocycles. The second-order valence-corrected chi connectivity index (χ2v) is 7.34. The van der Waals surface area contributed by atoms with Gasteiger partial charge in [-0.3, -0.25) is 15.1 Å². The minimum absolute atomic E-state index is 0. The quantitative estimate of drug-likeness (QED) is 0.422. The van der Waals surface area contributed by atoms with Gasteiger partial charge >= 0.3 is 0 Å². The van der Waals surface area contributed by atoms with Crippen LogP contribution in [-0.2, 0) is 30.6 Å². The smallest absolute Gasteiger partial charge is 0.150 e. The maximum Gasteiger partial charge on any atom is 0.150 e. The summed E-state index contributed by atoms with van der Waals surface area (Å²) in [4.78, 5) is 7.89. The first-order valence-electron chi connectivity index (χ1n) is 10.4. The van der Waals surface area contributed by atoms with Gasteiger partial charge < -0.3 is 9.84 Å². The van der Waals surface area contributed by atoms with Gasteiger partial charge in [0.25, 0.3) is 0 Å². The Morgan fingerprint density at radius 3 is 2.41 bits per heavy atom. The average molecular weight is 484 g/mol. The van der Waals surface area contributed by atoms with Crippen molar-refractivity contribution in [2.24, 2.45) is 0 Å². The maximum absolute atomic E-state index is 10.3. The van der Waals surface area contributed by atoms with Gasteiger partial charge in [-0.05, 0) is 66.8 Å². The minimum atomic E-state index is -0.715. The topological polar surface area (TPSA) is 102 Å². The van der Waals surface area contributed by atoms with Gasteiger partial charge in [-0.15, -0.1) is 0 Å². The van der Waals surface area contributed by atoms with E-state index in [2.05, 4.69) is 25.3 Å². The largest absolute Gasteiger partial charge is 0.382 e. The first kappa shape index (κ1) is 23.9. The summed E-state index contributed by atoms with van der Waals surface area (Å²) >= 11 is 0. The first-order chi connectivity index (χ1) is 15.3. The van der Waals surface area contributed by atoms with Crippen molar-refractivity contribution in [3.8, 4) is 0 Å². The molecule has 9 heteroatoms. The standard InChI is InChI=1S/C14H17N3O2.C9H9N3.Zn/c18-14(11-4-7-15-8-5-11)12-6-9-17(16-12)13-3-1-2-10-19-13;1-4-10-5-2-8(1)7-9-3-6-11-12-9;/h4-9,13-14,18H,1-3,10H2;1-6H,7H2,(H,11,12);. The van der Waals surface area contributed by atoms with Crippen LogP contribution in [0.15, 0.2) is 73.6 Å². The van der Waals surface area contributed by atoms with E-state index in [-0.39, 0.29) is 25.7 Å². The van der Waals surface area contributed by atoms with Crippen LogP contribution in [0.2, 0.25) is 0 Å². The van der Waals surface area contributed by atoms with Crippen LogP contribution in [0.25, 0.3) is 0 Å². The van der Waals surface area contributed by atoms with E-state index in [1.807, 2.05) is 30.5 Å². The van der Waals surface area contributed by atoms with Crippen LogP contribution in [0.4, 0.5) is 0 Å². The van der Waals surface area contributed by atoms with E-state index in [0.717, 1.165) is 43.5 Å². The summed E-state index contributed by atoms with van der Waals surface area (Å²) in [6.07, 6.45) is 14.0. The Balaban J connectivity index is 0.000000193. The summed E-state index contributed by atoms with van der Waals surface area (Å²) < 4.78 is 7.48. The van der Waals surface area contributed by atoms with Gasteiger partial charge in [0.15, 0.2) is 0 Å². The number of hydrogen-bond donors (Lipinski definition) is 2. The number of aromatic nitrogens is 6. The molecular weight excluding hydrogens is 458 g/mol. The van der Waals surface area contributed by atoms with Crippen molar-refractivity contribution in [2.75, 3.05) is 6.61 Å². The molecule has 1 saturated heterocycles. The Morgan fingerprint density at radius 1 is 1.00 bits per heavy atom. The summed E-state index contributed by atoms with van der Waals surface area (Å²) in [6, 6.07) is 11.4. The van der Waals surface area contributed by atoms with Crippen molar-refractivity contribution in [2.45, 2.75) is 38.0 Å². The molecule has 0 radical (unpaired) electrons. The average Bonchev–Trinajstić information content (AvgIpc) is 3.54. The molecule has 4 aromatic heterocycles. The number of hydrogen-bond acceptors (Lipinski definition) is 6. The van der Waals surface area contributed by atoms with Crippen LogP contribution in [-0.4, -0.2) is 41.7 Å². The van der Waals surface area contributed by atoms with Crippen molar-refractivity contribution < 1.29 is 29.3 Å². The molecule has 1 fully saturated rings. The summed E-state index contributed by atoms with van der Waals surface area (Å²) in [7, 11) is 0. The first-order valence-corrected chi connectivity index (χ1v) is 10.4. The molecule has 2 atom stereocenters. The van der Waals surface area contributed by atoms with Crippen LogP contribution in [0.5, 0.6) is 0 Å². The molecule has 32 heavy (non-hydrogen) atoms. The van der Waals surface area contributed by atoms with Gasteiger partial charge in [0.1, 0.15) is 12.3 Å². The van der Waals surface area contributed by atoms with E-state index in [4.69, 9.17) is 4.74 Å². The van der Waals surface area contributed by atoms with E-state index >= 15 is 0 Å². The van der Waals surface area contributed by atoms with Gasteiger partial charge in [0.05, 0.1) is 5.69 Å². The normalized spacial score (nSPS) is 16.3. The van der Waals surface area contributed by atoms with Crippen molar-refractivity contribution >= 4 is 0 Å². The van der Waals surface area contributed by atoms with E-state index in [9.17, 15) is 5.11 Å². The molecule has 1 aliphatic heterocycles. The Labute approximate surface area is 199 Å². The Bertz CT molecular complexity index is 1020. The molecule has 1 aliphatic rings. The third kappa shape index (κ3) is 6.63. The van der Waals surface area contributed by atoms with Crippen molar-refractivity contribution in [1.29, 1.82) is 0 Å². The van der Waals surface area contributed by atoms with Crippen LogP contribution < -0.4 is 0 Å².